The molecule has 0 bridgehead atoms. The van der Waals surface area contributed by atoms with Crippen LogP contribution in [0.2, 0.25) is 0 Å². The van der Waals surface area contributed by atoms with Crippen LogP contribution in [0.15, 0.2) is 12.1 Å². The van der Waals surface area contributed by atoms with Gasteiger partial charge in [0, 0.05) is 5.75 Å². The predicted octanol–water partition coefficient (Wildman–Crippen LogP) is 1.19. The topological polar surface area (TPSA) is 105 Å². The second-order valence-electron chi connectivity index (χ2n) is 4.34. The van der Waals surface area contributed by atoms with Gasteiger partial charge in [-0.3, -0.25) is 10.1 Å². The number of hydrogen-bond donors (Lipinski definition) is 3. The fourth-order valence-corrected chi connectivity index (χ4v) is 3.43. The monoisotopic (exact) mass is 313 g/mol. The van der Waals surface area contributed by atoms with E-state index < -0.39 is 23.4 Å². The van der Waals surface area contributed by atoms with Gasteiger partial charge in [-0.2, -0.15) is 0 Å². The Balaban J connectivity index is 2.45. The Morgan fingerprint density at radius 1 is 1.29 bits per heavy atom. The first-order chi connectivity index (χ1) is 9.99. The minimum Gasteiger partial charge on any atom is -0.493 e. The molecular weight excluding hydrogens is 298 g/mol. The van der Waals surface area contributed by atoms with Gasteiger partial charge in [-0.25, -0.2) is 4.79 Å². The Kier molecular flexibility index (Phi) is 4.59. The van der Waals surface area contributed by atoms with Gasteiger partial charge in [0.1, 0.15) is 11.6 Å². The Labute approximate surface area is 125 Å². The standard InChI is InChI=1S/C13H15NO6S/c1-19-8-4-3-6(9(13(17)18)10(8)20-2)11-14-7(5-21-11)12(15)16/h3-4,7,11,14H,5H2,1-2H3,(H,15,16)(H,17,18). The first-order valence-corrected chi connectivity index (χ1v) is 7.13. The van der Waals surface area contributed by atoms with Crippen molar-refractivity contribution in [2.75, 3.05) is 20.0 Å². The van der Waals surface area contributed by atoms with E-state index in [4.69, 9.17) is 14.6 Å². The van der Waals surface area contributed by atoms with Gasteiger partial charge in [0.05, 0.1) is 19.6 Å². The van der Waals surface area contributed by atoms with Crippen LogP contribution < -0.4 is 14.8 Å². The Morgan fingerprint density at radius 3 is 2.48 bits per heavy atom. The second kappa shape index (κ2) is 6.23. The lowest BCUT2D eigenvalue weighted by atomic mass is 10.0. The summed E-state index contributed by atoms with van der Waals surface area (Å²) in [5, 5.41) is 20.9. The van der Waals surface area contributed by atoms with Crippen molar-refractivity contribution < 1.29 is 29.3 Å². The number of nitrogens with one attached hydrogen (secondary N) is 1. The number of carbonyl (C=O) groups is 2. The SMILES string of the molecule is COc1ccc(C2NC(C(=O)O)CS2)c(C(=O)O)c1OC. The van der Waals surface area contributed by atoms with Gasteiger partial charge in [-0.05, 0) is 11.6 Å². The molecule has 1 aliphatic rings. The molecule has 8 heteroatoms. The Hall–Kier alpha value is -1.93. The summed E-state index contributed by atoms with van der Waals surface area (Å²) < 4.78 is 10.2. The molecule has 2 atom stereocenters. The van der Waals surface area contributed by atoms with Crippen LogP contribution in [0.25, 0.3) is 0 Å². The molecular formula is C13H15NO6S. The molecule has 1 fully saturated rings. The van der Waals surface area contributed by atoms with Crippen molar-refractivity contribution in [1.29, 1.82) is 0 Å². The molecule has 0 radical (unpaired) electrons. The van der Waals surface area contributed by atoms with Gasteiger partial charge in [-0.1, -0.05) is 6.07 Å². The molecule has 0 aromatic heterocycles. The van der Waals surface area contributed by atoms with Crippen molar-refractivity contribution in [2.24, 2.45) is 0 Å². The van der Waals surface area contributed by atoms with E-state index in [1.165, 1.54) is 26.0 Å². The van der Waals surface area contributed by atoms with Crippen LogP contribution >= 0.6 is 11.8 Å². The van der Waals surface area contributed by atoms with Gasteiger partial charge in [-0.15, -0.1) is 11.8 Å². The highest BCUT2D eigenvalue weighted by Crippen LogP contribution is 2.41. The molecule has 114 valence electrons. The number of carboxylic acids is 2. The van der Waals surface area contributed by atoms with Crippen molar-refractivity contribution in [2.45, 2.75) is 11.4 Å². The third kappa shape index (κ3) is 2.91. The number of benzene rings is 1. The number of aliphatic carboxylic acids is 1. The maximum atomic E-state index is 11.6. The van der Waals surface area contributed by atoms with Crippen molar-refractivity contribution in [3.63, 3.8) is 0 Å². The van der Waals surface area contributed by atoms with Crippen LogP contribution in [0.4, 0.5) is 0 Å². The van der Waals surface area contributed by atoms with E-state index >= 15 is 0 Å². The van der Waals surface area contributed by atoms with Crippen LogP contribution in [0.1, 0.15) is 21.3 Å². The third-order valence-electron chi connectivity index (χ3n) is 3.15. The number of ether oxygens (including phenoxy) is 2. The number of aromatic carboxylic acids is 1. The quantitative estimate of drug-likeness (QED) is 0.744. The minimum absolute atomic E-state index is 0.0205. The molecule has 2 rings (SSSR count). The molecule has 1 aromatic rings. The Bertz CT molecular complexity index is 576. The van der Waals surface area contributed by atoms with Crippen molar-refractivity contribution in [3.05, 3.63) is 23.3 Å². The van der Waals surface area contributed by atoms with E-state index in [9.17, 15) is 14.7 Å². The summed E-state index contributed by atoms with van der Waals surface area (Å²) in [4.78, 5) is 22.5. The molecule has 0 saturated carbocycles. The third-order valence-corrected chi connectivity index (χ3v) is 4.40. The molecule has 1 heterocycles. The second-order valence-corrected chi connectivity index (χ2v) is 5.48. The summed E-state index contributed by atoms with van der Waals surface area (Å²) in [6.45, 7) is 0. The van der Waals surface area contributed by atoms with Crippen molar-refractivity contribution in [3.8, 4) is 11.5 Å². The summed E-state index contributed by atoms with van der Waals surface area (Å²) in [7, 11) is 2.79. The maximum absolute atomic E-state index is 11.6. The molecule has 1 saturated heterocycles. The van der Waals surface area contributed by atoms with Gasteiger partial charge in [0.15, 0.2) is 11.5 Å². The van der Waals surface area contributed by atoms with Gasteiger partial charge in [0.2, 0.25) is 0 Å². The van der Waals surface area contributed by atoms with Gasteiger partial charge < -0.3 is 19.7 Å². The zero-order valence-corrected chi connectivity index (χ0v) is 12.3. The predicted molar refractivity (Wildman–Crippen MR) is 76.3 cm³/mol. The normalized spacial score (nSPS) is 21.0. The molecule has 7 nitrogen and oxygen atoms in total. The average molecular weight is 313 g/mol. The number of carboxylic acid groups (broad SMARTS) is 2. The number of methoxy groups -OCH3 is 2. The largest absolute Gasteiger partial charge is 0.493 e. The highest BCUT2D eigenvalue weighted by molar-refractivity contribution is 7.99. The maximum Gasteiger partial charge on any atom is 0.340 e. The molecule has 2 unspecified atom stereocenters. The van der Waals surface area contributed by atoms with E-state index in [0.29, 0.717) is 17.1 Å². The zero-order chi connectivity index (χ0) is 15.6. The lowest BCUT2D eigenvalue weighted by Gasteiger charge is -2.18. The summed E-state index contributed by atoms with van der Waals surface area (Å²) >= 11 is 1.34. The van der Waals surface area contributed by atoms with Crippen LogP contribution in [0.3, 0.4) is 0 Å². The lowest BCUT2D eigenvalue weighted by molar-refractivity contribution is -0.138. The molecule has 0 amide bonds. The smallest absolute Gasteiger partial charge is 0.340 e. The highest BCUT2D eigenvalue weighted by Gasteiger charge is 2.34. The average Bonchev–Trinajstić information content (AvgIpc) is 2.95. The van der Waals surface area contributed by atoms with Crippen LogP contribution in [0.5, 0.6) is 11.5 Å². The first kappa shape index (κ1) is 15.5. The van der Waals surface area contributed by atoms with E-state index in [0.717, 1.165) is 0 Å². The molecule has 21 heavy (non-hydrogen) atoms. The van der Waals surface area contributed by atoms with E-state index in [2.05, 4.69) is 5.32 Å². The summed E-state index contributed by atoms with van der Waals surface area (Å²) in [5.41, 5.74) is 0.446. The fourth-order valence-electron chi connectivity index (χ4n) is 2.17. The summed E-state index contributed by atoms with van der Waals surface area (Å²) in [6, 6.07) is 2.52. The molecule has 0 aliphatic carbocycles. The minimum atomic E-state index is -1.15. The van der Waals surface area contributed by atoms with Crippen molar-refractivity contribution >= 4 is 23.7 Å². The van der Waals surface area contributed by atoms with Gasteiger partial charge in [0.25, 0.3) is 0 Å². The van der Waals surface area contributed by atoms with E-state index in [1.807, 2.05) is 0 Å². The molecule has 0 spiro atoms. The van der Waals surface area contributed by atoms with Crippen LogP contribution in [0, 0.1) is 0 Å². The lowest BCUT2D eigenvalue weighted by Crippen LogP contribution is -2.34. The molecule has 1 aliphatic heterocycles. The number of thioether (sulfide) groups is 1. The van der Waals surface area contributed by atoms with Gasteiger partial charge >= 0.3 is 11.9 Å². The summed E-state index contributed by atoms with van der Waals surface area (Å²) in [6.07, 6.45) is 0. The van der Waals surface area contributed by atoms with Crippen LogP contribution in [-0.4, -0.2) is 48.2 Å². The first-order valence-electron chi connectivity index (χ1n) is 6.08. The Morgan fingerprint density at radius 2 is 2.00 bits per heavy atom. The van der Waals surface area contributed by atoms with E-state index in [1.54, 1.807) is 12.1 Å². The zero-order valence-electron chi connectivity index (χ0n) is 11.5. The molecule has 1 aromatic carbocycles. The van der Waals surface area contributed by atoms with Crippen LogP contribution in [-0.2, 0) is 4.79 Å². The number of rotatable bonds is 5. The summed E-state index contributed by atoms with van der Waals surface area (Å²) in [5.74, 6) is -1.29. The van der Waals surface area contributed by atoms with E-state index in [-0.39, 0.29) is 11.3 Å². The number of hydrogen-bond acceptors (Lipinski definition) is 6. The molecule has 3 N–H and O–H groups in total. The highest BCUT2D eigenvalue weighted by atomic mass is 32.2. The fraction of sp³-hybridized carbons (Fsp3) is 0.385. The van der Waals surface area contributed by atoms with Crippen molar-refractivity contribution in [1.82, 2.24) is 5.32 Å².